The predicted molar refractivity (Wildman–Crippen MR) is 45.4 cm³/mol. The molecule has 2 unspecified atom stereocenters. The summed E-state index contributed by atoms with van der Waals surface area (Å²) in [5.41, 5.74) is 0. The van der Waals surface area contributed by atoms with Crippen LogP contribution in [-0.2, 0) is 14.3 Å². The van der Waals surface area contributed by atoms with Crippen molar-refractivity contribution < 1.29 is 32.6 Å². The Balaban J connectivity index is 2.31. The summed E-state index contributed by atoms with van der Waals surface area (Å²) in [5, 5.41) is 9.30. The molecule has 0 aromatic rings. The first-order valence-corrected chi connectivity index (χ1v) is 4.77. The lowest BCUT2D eigenvalue weighted by atomic mass is 10.0. The molecular weight excluding hydrogens is 229 g/mol. The summed E-state index contributed by atoms with van der Waals surface area (Å²) in [5.74, 6) is -3.18. The zero-order valence-electron chi connectivity index (χ0n) is 8.29. The third kappa shape index (κ3) is 3.19. The lowest BCUT2D eigenvalue weighted by molar-refractivity contribution is -0.200. The monoisotopic (exact) mass is 240 g/mol. The van der Waals surface area contributed by atoms with Crippen molar-refractivity contribution in [2.24, 2.45) is 5.92 Å². The van der Waals surface area contributed by atoms with Gasteiger partial charge in [-0.3, -0.25) is 4.79 Å². The Kier molecular flexibility index (Phi) is 3.90. The zero-order valence-corrected chi connectivity index (χ0v) is 8.29. The van der Waals surface area contributed by atoms with E-state index in [9.17, 15) is 27.9 Å². The molecule has 0 aromatic heterocycles. The first-order valence-electron chi connectivity index (χ1n) is 4.77. The van der Waals surface area contributed by atoms with E-state index < -0.39 is 30.8 Å². The first kappa shape index (κ1) is 13.0. The van der Waals surface area contributed by atoms with Gasteiger partial charge in [-0.1, -0.05) is 0 Å². The molecule has 1 rings (SSSR count). The molecular formula is C9H11F3O4. The number of ether oxygens (including phenoxy) is 1. The van der Waals surface area contributed by atoms with Crippen molar-refractivity contribution in [3.63, 3.8) is 0 Å². The molecule has 0 heterocycles. The smallest absolute Gasteiger partial charge is 0.459 e. The van der Waals surface area contributed by atoms with Gasteiger partial charge in [0.2, 0.25) is 0 Å². The molecule has 0 amide bonds. The van der Waals surface area contributed by atoms with E-state index in [4.69, 9.17) is 0 Å². The minimum absolute atomic E-state index is 0.0676. The Morgan fingerprint density at radius 3 is 2.56 bits per heavy atom. The van der Waals surface area contributed by atoms with Gasteiger partial charge in [0.05, 0.1) is 12.7 Å². The van der Waals surface area contributed by atoms with E-state index in [1.54, 1.807) is 0 Å². The Morgan fingerprint density at radius 2 is 2.12 bits per heavy atom. The van der Waals surface area contributed by atoms with E-state index >= 15 is 0 Å². The highest BCUT2D eigenvalue weighted by molar-refractivity contribution is 5.83. The fourth-order valence-corrected chi connectivity index (χ4v) is 1.61. The standard InChI is InChI=1S/C9H11F3O4/c10-9(11,12)8(15)16-4-3-5-6(13)1-2-7(5)14/h5-6,13H,1-4H2. The third-order valence-corrected chi connectivity index (χ3v) is 2.46. The van der Waals surface area contributed by atoms with Gasteiger partial charge in [0, 0.05) is 12.3 Å². The van der Waals surface area contributed by atoms with Crippen molar-refractivity contribution in [1.82, 2.24) is 0 Å². The van der Waals surface area contributed by atoms with E-state index in [1.807, 2.05) is 0 Å². The summed E-state index contributed by atoms with van der Waals surface area (Å²) < 4.78 is 39.1. The number of alkyl halides is 3. The van der Waals surface area contributed by atoms with Crippen LogP contribution < -0.4 is 0 Å². The number of Topliss-reactive ketones (excluding diaryl/α,β-unsaturated/α-hetero) is 1. The Morgan fingerprint density at radius 1 is 1.50 bits per heavy atom. The molecule has 0 saturated heterocycles. The summed E-state index contributed by atoms with van der Waals surface area (Å²) in [6.07, 6.45) is -5.38. The van der Waals surface area contributed by atoms with Crippen LogP contribution in [-0.4, -0.2) is 35.7 Å². The van der Waals surface area contributed by atoms with E-state index in [1.165, 1.54) is 0 Å². The number of ketones is 1. The second-order valence-corrected chi connectivity index (χ2v) is 3.60. The van der Waals surface area contributed by atoms with Crippen LogP contribution in [0.25, 0.3) is 0 Å². The summed E-state index contributed by atoms with van der Waals surface area (Å²) in [6.45, 7) is -0.508. The number of aliphatic hydroxyl groups is 1. The molecule has 2 atom stereocenters. The predicted octanol–water partition coefficient (Wildman–Crippen LogP) is 0.822. The van der Waals surface area contributed by atoms with Crippen LogP contribution in [0.2, 0.25) is 0 Å². The first-order chi connectivity index (χ1) is 7.32. The second-order valence-electron chi connectivity index (χ2n) is 3.60. The van der Waals surface area contributed by atoms with Crippen molar-refractivity contribution in [3.8, 4) is 0 Å². The topological polar surface area (TPSA) is 63.6 Å². The quantitative estimate of drug-likeness (QED) is 0.742. The zero-order chi connectivity index (χ0) is 12.3. The van der Waals surface area contributed by atoms with Crippen LogP contribution in [0.4, 0.5) is 13.2 Å². The number of hydrogen-bond acceptors (Lipinski definition) is 4. The number of aliphatic hydroxyl groups excluding tert-OH is 1. The van der Waals surface area contributed by atoms with Gasteiger partial charge in [-0.2, -0.15) is 13.2 Å². The molecule has 1 saturated carbocycles. The maximum Gasteiger partial charge on any atom is 0.490 e. The third-order valence-electron chi connectivity index (χ3n) is 2.46. The maximum absolute atomic E-state index is 11.7. The van der Waals surface area contributed by atoms with Crippen LogP contribution >= 0.6 is 0 Å². The van der Waals surface area contributed by atoms with Gasteiger partial charge >= 0.3 is 12.1 Å². The van der Waals surface area contributed by atoms with Crippen LogP contribution in [0.15, 0.2) is 0 Å². The largest absolute Gasteiger partial charge is 0.490 e. The number of carbonyl (C=O) groups is 2. The summed E-state index contributed by atoms with van der Waals surface area (Å²) in [6, 6.07) is 0. The van der Waals surface area contributed by atoms with Gasteiger partial charge in [-0.05, 0) is 12.8 Å². The van der Waals surface area contributed by atoms with E-state index in [2.05, 4.69) is 4.74 Å². The minimum atomic E-state index is -5.02. The molecule has 1 fully saturated rings. The maximum atomic E-state index is 11.7. The average molecular weight is 240 g/mol. The molecule has 1 aliphatic carbocycles. The highest BCUT2D eigenvalue weighted by Crippen LogP contribution is 2.25. The minimum Gasteiger partial charge on any atom is -0.459 e. The Bertz CT molecular complexity index is 287. The van der Waals surface area contributed by atoms with Crippen molar-refractivity contribution in [1.29, 1.82) is 0 Å². The fourth-order valence-electron chi connectivity index (χ4n) is 1.61. The fraction of sp³-hybridized carbons (Fsp3) is 0.778. The molecule has 0 bridgehead atoms. The Labute approximate surface area is 89.4 Å². The molecule has 92 valence electrons. The van der Waals surface area contributed by atoms with Gasteiger partial charge in [0.1, 0.15) is 5.78 Å². The summed E-state index contributed by atoms with van der Waals surface area (Å²) in [7, 11) is 0. The molecule has 1 N–H and O–H groups in total. The molecule has 0 spiro atoms. The van der Waals surface area contributed by atoms with Crippen LogP contribution in [0.1, 0.15) is 19.3 Å². The normalized spacial score (nSPS) is 25.9. The van der Waals surface area contributed by atoms with E-state index in [-0.39, 0.29) is 18.6 Å². The van der Waals surface area contributed by atoms with Gasteiger partial charge in [-0.15, -0.1) is 0 Å². The van der Waals surface area contributed by atoms with Gasteiger partial charge in [0.25, 0.3) is 0 Å². The van der Waals surface area contributed by atoms with E-state index in [0.29, 0.717) is 6.42 Å². The molecule has 0 aromatic carbocycles. The van der Waals surface area contributed by atoms with E-state index in [0.717, 1.165) is 0 Å². The molecule has 4 nitrogen and oxygen atoms in total. The highest BCUT2D eigenvalue weighted by atomic mass is 19.4. The SMILES string of the molecule is O=C1CCC(O)C1CCOC(=O)C(F)(F)F. The van der Waals surface area contributed by atoms with Crippen molar-refractivity contribution in [2.75, 3.05) is 6.61 Å². The lowest BCUT2D eigenvalue weighted by Gasteiger charge is -2.13. The van der Waals surface area contributed by atoms with Crippen molar-refractivity contribution in [2.45, 2.75) is 31.5 Å². The number of esters is 1. The van der Waals surface area contributed by atoms with Gasteiger partial charge in [-0.25, -0.2) is 4.79 Å². The van der Waals surface area contributed by atoms with Crippen LogP contribution in [0, 0.1) is 5.92 Å². The van der Waals surface area contributed by atoms with Crippen LogP contribution in [0.3, 0.4) is 0 Å². The molecule has 0 aliphatic heterocycles. The average Bonchev–Trinajstić information content (AvgIpc) is 2.47. The molecule has 1 aliphatic rings. The summed E-state index contributed by atoms with van der Waals surface area (Å²) >= 11 is 0. The number of hydrogen-bond donors (Lipinski definition) is 1. The summed E-state index contributed by atoms with van der Waals surface area (Å²) in [4.78, 5) is 21.4. The lowest BCUT2D eigenvalue weighted by Crippen LogP contribution is -2.27. The van der Waals surface area contributed by atoms with Crippen molar-refractivity contribution >= 4 is 11.8 Å². The molecule has 7 heteroatoms. The van der Waals surface area contributed by atoms with Crippen LogP contribution in [0.5, 0.6) is 0 Å². The number of carbonyl (C=O) groups excluding carboxylic acids is 2. The van der Waals surface area contributed by atoms with Gasteiger partial charge in [0.15, 0.2) is 0 Å². The molecule has 0 radical (unpaired) electrons. The highest BCUT2D eigenvalue weighted by Gasteiger charge is 2.41. The second kappa shape index (κ2) is 4.82. The number of halogens is 3. The molecule has 16 heavy (non-hydrogen) atoms. The number of rotatable bonds is 3. The Hall–Kier alpha value is -1.11. The van der Waals surface area contributed by atoms with Gasteiger partial charge < -0.3 is 9.84 Å². The van der Waals surface area contributed by atoms with Crippen molar-refractivity contribution in [3.05, 3.63) is 0 Å².